The number of carbonyl (C=O) groups excluding carboxylic acids is 1. The predicted octanol–water partition coefficient (Wildman–Crippen LogP) is 4.96. The minimum atomic E-state index is -3.75. The Morgan fingerprint density at radius 1 is 1.13 bits per heavy atom. The van der Waals surface area contributed by atoms with Gasteiger partial charge in [-0.1, -0.05) is 65.0 Å². The first-order valence-electron chi connectivity index (χ1n) is 10.4. The van der Waals surface area contributed by atoms with Gasteiger partial charge in [-0.3, -0.25) is 4.79 Å². The van der Waals surface area contributed by atoms with Crippen molar-refractivity contribution in [3.8, 4) is 0 Å². The lowest BCUT2D eigenvalue weighted by atomic mass is 9.95. The number of nitrogens with one attached hydrogen (secondary N) is 1. The van der Waals surface area contributed by atoms with Crippen molar-refractivity contribution in [1.82, 2.24) is 9.62 Å². The molecule has 0 unspecified atom stereocenters. The van der Waals surface area contributed by atoms with Crippen LogP contribution >= 0.6 is 15.9 Å². The van der Waals surface area contributed by atoms with E-state index in [-0.39, 0.29) is 29.4 Å². The largest absolute Gasteiger partial charge is 0.348 e. The molecule has 7 heteroatoms. The van der Waals surface area contributed by atoms with Crippen molar-refractivity contribution in [2.24, 2.45) is 0 Å². The van der Waals surface area contributed by atoms with Gasteiger partial charge in [0.05, 0.1) is 17.5 Å². The first-order chi connectivity index (χ1) is 14.3. The highest BCUT2D eigenvalue weighted by atomic mass is 79.9. The molecule has 2 aromatic rings. The van der Waals surface area contributed by atoms with Gasteiger partial charge in [-0.05, 0) is 56.5 Å². The standard InChI is InChI=1S/C23H29BrN2O3S/c1-17-11-13-22(14-12-17)30(28,29)26(21-9-4-3-5-10-21)16-23(27)25-18(2)19-7-6-8-20(24)15-19/h6-8,11-15,18,21H,3-5,9-10,16H2,1-2H3,(H,25,27)/t18-/m1/s1. The van der Waals surface area contributed by atoms with Crippen molar-refractivity contribution >= 4 is 31.9 Å². The summed E-state index contributed by atoms with van der Waals surface area (Å²) >= 11 is 3.45. The monoisotopic (exact) mass is 492 g/mol. The first kappa shape index (κ1) is 23.0. The number of amides is 1. The molecule has 2 aromatic carbocycles. The van der Waals surface area contributed by atoms with Gasteiger partial charge in [-0.25, -0.2) is 8.42 Å². The first-order valence-corrected chi connectivity index (χ1v) is 12.6. The van der Waals surface area contributed by atoms with Crippen molar-refractivity contribution in [1.29, 1.82) is 0 Å². The van der Waals surface area contributed by atoms with Gasteiger partial charge < -0.3 is 5.32 Å². The summed E-state index contributed by atoms with van der Waals surface area (Å²) < 4.78 is 29.2. The number of sulfonamides is 1. The summed E-state index contributed by atoms with van der Waals surface area (Å²) in [5.41, 5.74) is 1.96. The number of nitrogens with zero attached hydrogens (tertiary/aromatic N) is 1. The van der Waals surface area contributed by atoms with Gasteiger partial charge in [0.2, 0.25) is 15.9 Å². The summed E-state index contributed by atoms with van der Waals surface area (Å²) in [6.07, 6.45) is 4.67. The van der Waals surface area contributed by atoms with Crippen molar-refractivity contribution in [2.45, 2.75) is 62.9 Å². The van der Waals surface area contributed by atoms with Crippen LogP contribution < -0.4 is 5.32 Å². The zero-order valence-corrected chi connectivity index (χ0v) is 19.9. The molecule has 162 valence electrons. The van der Waals surface area contributed by atoms with Crippen LogP contribution in [0.2, 0.25) is 0 Å². The topological polar surface area (TPSA) is 66.5 Å². The summed E-state index contributed by atoms with van der Waals surface area (Å²) in [6, 6.07) is 14.2. The van der Waals surface area contributed by atoms with Gasteiger partial charge in [-0.15, -0.1) is 0 Å². The molecule has 1 saturated carbocycles. The second-order valence-electron chi connectivity index (χ2n) is 8.00. The Morgan fingerprint density at radius 3 is 2.43 bits per heavy atom. The molecule has 1 atom stereocenters. The fourth-order valence-corrected chi connectivity index (χ4v) is 5.97. The van der Waals surface area contributed by atoms with Gasteiger partial charge in [0.25, 0.3) is 0 Å². The van der Waals surface area contributed by atoms with E-state index in [0.29, 0.717) is 0 Å². The van der Waals surface area contributed by atoms with Gasteiger partial charge in [0.15, 0.2) is 0 Å². The second kappa shape index (κ2) is 10.1. The highest BCUT2D eigenvalue weighted by Crippen LogP contribution is 2.28. The normalized spacial score (nSPS) is 16.4. The molecule has 1 N–H and O–H groups in total. The van der Waals surface area contributed by atoms with Crippen LogP contribution in [0.5, 0.6) is 0 Å². The number of benzene rings is 2. The molecule has 0 heterocycles. The van der Waals surface area contributed by atoms with Crippen LogP contribution in [0, 0.1) is 6.92 Å². The maximum absolute atomic E-state index is 13.4. The van der Waals surface area contributed by atoms with E-state index in [4.69, 9.17) is 0 Å². The van der Waals surface area contributed by atoms with E-state index in [9.17, 15) is 13.2 Å². The number of carbonyl (C=O) groups is 1. The Bertz CT molecular complexity index is 970. The van der Waals surface area contributed by atoms with Gasteiger partial charge >= 0.3 is 0 Å². The summed E-state index contributed by atoms with van der Waals surface area (Å²) in [5, 5.41) is 2.96. The summed E-state index contributed by atoms with van der Waals surface area (Å²) in [7, 11) is -3.75. The fourth-order valence-electron chi connectivity index (χ4n) is 3.91. The van der Waals surface area contributed by atoms with E-state index >= 15 is 0 Å². The third kappa shape index (κ3) is 5.71. The van der Waals surface area contributed by atoms with E-state index in [1.807, 2.05) is 38.1 Å². The molecule has 3 rings (SSSR count). The Labute approximate surface area is 188 Å². The number of hydrogen-bond acceptors (Lipinski definition) is 3. The van der Waals surface area contributed by atoms with Crippen LogP contribution in [0.15, 0.2) is 57.9 Å². The van der Waals surface area contributed by atoms with Crippen molar-refractivity contribution in [3.63, 3.8) is 0 Å². The molecular weight excluding hydrogens is 464 g/mol. The van der Waals surface area contributed by atoms with Crippen LogP contribution in [0.25, 0.3) is 0 Å². The van der Waals surface area contributed by atoms with Gasteiger partial charge in [-0.2, -0.15) is 4.31 Å². The molecule has 1 aliphatic carbocycles. The van der Waals surface area contributed by atoms with E-state index < -0.39 is 10.0 Å². The Balaban J connectivity index is 1.80. The highest BCUT2D eigenvalue weighted by Gasteiger charge is 2.34. The van der Waals surface area contributed by atoms with E-state index in [0.717, 1.165) is 47.7 Å². The van der Waals surface area contributed by atoms with Crippen LogP contribution in [-0.4, -0.2) is 31.2 Å². The quantitative estimate of drug-likeness (QED) is 0.593. The van der Waals surface area contributed by atoms with Crippen LogP contribution in [0.4, 0.5) is 0 Å². The average Bonchev–Trinajstić information content (AvgIpc) is 2.73. The molecular formula is C23H29BrN2O3S. The second-order valence-corrected chi connectivity index (χ2v) is 10.8. The molecule has 1 fully saturated rings. The molecule has 1 amide bonds. The summed E-state index contributed by atoms with van der Waals surface area (Å²) in [5.74, 6) is -0.288. The Hall–Kier alpha value is -1.70. The average molecular weight is 493 g/mol. The Kier molecular flexibility index (Phi) is 7.71. The third-order valence-electron chi connectivity index (χ3n) is 5.64. The van der Waals surface area contributed by atoms with E-state index in [2.05, 4.69) is 21.2 Å². The molecule has 0 bridgehead atoms. The van der Waals surface area contributed by atoms with Crippen LogP contribution in [0.3, 0.4) is 0 Å². The molecule has 0 spiro atoms. The minimum absolute atomic E-state index is 0.142. The molecule has 1 aliphatic rings. The SMILES string of the molecule is Cc1ccc(S(=O)(=O)N(CC(=O)N[C@H](C)c2cccc(Br)c2)C2CCCCC2)cc1. The maximum atomic E-state index is 13.4. The summed E-state index contributed by atoms with van der Waals surface area (Å²) in [6.45, 7) is 3.66. The lowest BCUT2D eigenvalue weighted by Crippen LogP contribution is -2.47. The zero-order valence-electron chi connectivity index (χ0n) is 17.5. The Morgan fingerprint density at radius 2 is 1.80 bits per heavy atom. The molecule has 30 heavy (non-hydrogen) atoms. The summed E-state index contributed by atoms with van der Waals surface area (Å²) in [4.78, 5) is 13.1. The third-order valence-corrected chi connectivity index (χ3v) is 8.04. The number of hydrogen-bond donors (Lipinski definition) is 1. The number of halogens is 1. The number of aryl methyl sites for hydroxylation is 1. The van der Waals surface area contributed by atoms with E-state index in [1.165, 1.54) is 4.31 Å². The zero-order chi connectivity index (χ0) is 21.7. The van der Waals surface area contributed by atoms with Crippen molar-refractivity contribution < 1.29 is 13.2 Å². The maximum Gasteiger partial charge on any atom is 0.243 e. The lowest BCUT2D eigenvalue weighted by Gasteiger charge is -2.33. The number of rotatable bonds is 7. The van der Waals surface area contributed by atoms with Crippen molar-refractivity contribution in [3.05, 3.63) is 64.1 Å². The highest BCUT2D eigenvalue weighted by molar-refractivity contribution is 9.10. The smallest absolute Gasteiger partial charge is 0.243 e. The molecule has 0 radical (unpaired) electrons. The molecule has 0 saturated heterocycles. The molecule has 0 aliphatic heterocycles. The molecule has 5 nitrogen and oxygen atoms in total. The van der Waals surface area contributed by atoms with Gasteiger partial charge in [0.1, 0.15) is 0 Å². The minimum Gasteiger partial charge on any atom is -0.348 e. The predicted molar refractivity (Wildman–Crippen MR) is 123 cm³/mol. The van der Waals surface area contributed by atoms with Gasteiger partial charge in [0, 0.05) is 10.5 Å². The van der Waals surface area contributed by atoms with Crippen LogP contribution in [-0.2, 0) is 14.8 Å². The van der Waals surface area contributed by atoms with E-state index in [1.54, 1.807) is 24.3 Å². The van der Waals surface area contributed by atoms with Crippen LogP contribution in [0.1, 0.15) is 56.2 Å². The van der Waals surface area contributed by atoms with Crippen molar-refractivity contribution in [2.75, 3.05) is 6.54 Å². The lowest BCUT2D eigenvalue weighted by molar-refractivity contribution is -0.122. The fraction of sp³-hybridized carbons (Fsp3) is 0.435. The molecule has 0 aromatic heterocycles.